The molecule has 108 valence electrons. The largest absolute Gasteiger partial charge is 0.482 e. The lowest BCUT2D eigenvalue weighted by Crippen LogP contribution is -2.41. The lowest BCUT2D eigenvalue weighted by molar-refractivity contribution is -0.122. The van der Waals surface area contributed by atoms with Gasteiger partial charge in [-0.15, -0.1) is 0 Å². The van der Waals surface area contributed by atoms with Gasteiger partial charge >= 0.3 is 0 Å². The lowest BCUT2D eigenvalue weighted by atomic mass is 10.1. The minimum atomic E-state index is -0.295. The fraction of sp³-hybridized carbons (Fsp3) is 0.429. The average Bonchev–Trinajstić information content (AvgIpc) is 2.45. The van der Waals surface area contributed by atoms with E-state index in [4.69, 9.17) is 4.74 Å². The summed E-state index contributed by atoms with van der Waals surface area (Å²) >= 11 is 0. The summed E-state index contributed by atoms with van der Waals surface area (Å²) in [5, 5.41) is 8.57. The first-order valence-corrected chi connectivity index (χ1v) is 6.55. The molecule has 0 bridgehead atoms. The third-order valence-corrected chi connectivity index (χ3v) is 3.28. The number of carbonyl (C=O) groups excluding carboxylic acids is 2. The standard InChI is InChI=1S/C14H19N3O3/c1-8(16-9(2)14(19)15-3)10-4-5-12-11(6-10)17-13(18)7-20-12/h4-6,8-9,16H,7H2,1-3H3,(H,15,19)(H,17,18). The van der Waals surface area contributed by atoms with Gasteiger partial charge in [0.05, 0.1) is 11.7 Å². The summed E-state index contributed by atoms with van der Waals surface area (Å²) in [6.45, 7) is 3.82. The van der Waals surface area contributed by atoms with E-state index in [0.717, 1.165) is 5.56 Å². The van der Waals surface area contributed by atoms with Crippen molar-refractivity contribution in [3.8, 4) is 5.75 Å². The molecule has 0 saturated heterocycles. The zero-order valence-corrected chi connectivity index (χ0v) is 11.8. The van der Waals surface area contributed by atoms with Crippen molar-refractivity contribution in [2.75, 3.05) is 19.0 Å². The van der Waals surface area contributed by atoms with Gasteiger partial charge in [-0.05, 0) is 31.5 Å². The predicted molar refractivity (Wildman–Crippen MR) is 75.6 cm³/mol. The second-order valence-electron chi connectivity index (χ2n) is 4.82. The summed E-state index contributed by atoms with van der Waals surface area (Å²) in [4.78, 5) is 22.8. The Kier molecular flexibility index (Phi) is 4.24. The van der Waals surface area contributed by atoms with E-state index in [-0.39, 0.29) is 30.5 Å². The van der Waals surface area contributed by atoms with Crippen LogP contribution in [0, 0.1) is 0 Å². The second kappa shape index (κ2) is 5.92. The molecule has 0 spiro atoms. The highest BCUT2D eigenvalue weighted by Gasteiger charge is 2.19. The van der Waals surface area contributed by atoms with E-state index in [2.05, 4.69) is 16.0 Å². The molecule has 0 radical (unpaired) electrons. The fourth-order valence-electron chi connectivity index (χ4n) is 2.13. The molecule has 1 aromatic carbocycles. The van der Waals surface area contributed by atoms with Gasteiger partial charge in [-0.3, -0.25) is 14.9 Å². The van der Waals surface area contributed by atoms with Gasteiger partial charge in [0, 0.05) is 13.1 Å². The van der Waals surface area contributed by atoms with Crippen molar-refractivity contribution >= 4 is 17.5 Å². The molecule has 20 heavy (non-hydrogen) atoms. The van der Waals surface area contributed by atoms with Crippen molar-refractivity contribution in [3.63, 3.8) is 0 Å². The van der Waals surface area contributed by atoms with Gasteiger partial charge in [-0.25, -0.2) is 0 Å². The quantitative estimate of drug-likeness (QED) is 0.760. The van der Waals surface area contributed by atoms with Gasteiger partial charge in [0.25, 0.3) is 5.91 Å². The normalized spacial score (nSPS) is 16.4. The Hall–Kier alpha value is -2.08. The number of hydrogen-bond donors (Lipinski definition) is 3. The molecule has 0 saturated carbocycles. The molecule has 2 atom stereocenters. The van der Waals surface area contributed by atoms with Crippen molar-refractivity contribution < 1.29 is 14.3 Å². The van der Waals surface area contributed by atoms with E-state index >= 15 is 0 Å². The lowest BCUT2D eigenvalue weighted by Gasteiger charge is -2.22. The Balaban J connectivity index is 2.11. The SMILES string of the molecule is CNC(=O)C(C)NC(C)c1ccc2c(c1)NC(=O)CO2. The van der Waals surface area contributed by atoms with Crippen LogP contribution in [0.3, 0.4) is 0 Å². The van der Waals surface area contributed by atoms with Crippen LogP contribution in [-0.4, -0.2) is 31.5 Å². The van der Waals surface area contributed by atoms with Gasteiger partial charge in [0.15, 0.2) is 6.61 Å². The van der Waals surface area contributed by atoms with Crippen LogP contribution in [0.5, 0.6) is 5.75 Å². The molecule has 2 amide bonds. The number of carbonyl (C=O) groups is 2. The Bertz CT molecular complexity index is 530. The first kappa shape index (κ1) is 14.3. The van der Waals surface area contributed by atoms with Crippen LogP contribution in [-0.2, 0) is 9.59 Å². The van der Waals surface area contributed by atoms with Crippen LogP contribution in [0.4, 0.5) is 5.69 Å². The maximum atomic E-state index is 11.5. The van der Waals surface area contributed by atoms with Crippen LogP contribution < -0.4 is 20.7 Å². The van der Waals surface area contributed by atoms with Gasteiger partial charge in [-0.1, -0.05) is 6.07 Å². The van der Waals surface area contributed by atoms with E-state index in [0.29, 0.717) is 11.4 Å². The van der Waals surface area contributed by atoms with Gasteiger partial charge in [-0.2, -0.15) is 0 Å². The Morgan fingerprint density at radius 1 is 1.40 bits per heavy atom. The third-order valence-electron chi connectivity index (χ3n) is 3.28. The Labute approximate surface area is 117 Å². The average molecular weight is 277 g/mol. The number of hydrogen-bond acceptors (Lipinski definition) is 4. The zero-order valence-electron chi connectivity index (χ0n) is 11.8. The highest BCUT2D eigenvalue weighted by molar-refractivity contribution is 5.95. The third kappa shape index (κ3) is 3.08. The van der Waals surface area contributed by atoms with Gasteiger partial charge < -0.3 is 15.4 Å². The first-order valence-electron chi connectivity index (χ1n) is 6.55. The van der Waals surface area contributed by atoms with E-state index in [9.17, 15) is 9.59 Å². The number of benzene rings is 1. The van der Waals surface area contributed by atoms with Crippen LogP contribution in [0.25, 0.3) is 0 Å². The summed E-state index contributed by atoms with van der Waals surface area (Å²) in [6.07, 6.45) is 0. The number of likely N-dealkylation sites (N-methyl/N-ethyl adjacent to an activating group) is 1. The van der Waals surface area contributed by atoms with Crippen LogP contribution in [0.2, 0.25) is 0 Å². The molecule has 2 rings (SSSR count). The summed E-state index contributed by atoms with van der Waals surface area (Å²) in [5.74, 6) is 0.445. The minimum absolute atomic E-state index is 0.0218. The molecule has 6 nitrogen and oxygen atoms in total. The Morgan fingerprint density at radius 3 is 2.85 bits per heavy atom. The molecule has 1 aliphatic rings. The molecule has 0 aliphatic carbocycles. The van der Waals surface area contributed by atoms with E-state index in [1.807, 2.05) is 25.1 Å². The first-order chi connectivity index (χ1) is 9.51. The molecule has 1 aromatic rings. The zero-order chi connectivity index (χ0) is 14.7. The predicted octanol–water partition coefficient (Wildman–Crippen LogP) is 0.803. The molecule has 3 N–H and O–H groups in total. The highest BCUT2D eigenvalue weighted by atomic mass is 16.5. The number of amides is 2. The van der Waals surface area contributed by atoms with E-state index in [1.54, 1.807) is 14.0 Å². The number of fused-ring (bicyclic) bond motifs is 1. The number of nitrogens with one attached hydrogen (secondary N) is 3. The van der Waals surface area contributed by atoms with Crippen molar-refractivity contribution in [2.24, 2.45) is 0 Å². The summed E-state index contributed by atoms with van der Waals surface area (Å²) < 4.78 is 5.31. The molecule has 0 fully saturated rings. The minimum Gasteiger partial charge on any atom is -0.482 e. The number of ether oxygens (including phenoxy) is 1. The second-order valence-corrected chi connectivity index (χ2v) is 4.82. The van der Waals surface area contributed by atoms with Gasteiger partial charge in [0.1, 0.15) is 5.75 Å². The number of anilines is 1. The van der Waals surface area contributed by atoms with Crippen molar-refractivity contribution in [1.29, 1.82) is 0 Å². The summed E-state index contributed by atoms with van der Waals surface area (Å²) in [7, 11) is 1.61. The van der Waals surface area contributed by atoms with Crippen LogP contribution in [0.1, 0.15) is 25.5 Å². The van der Waals surface area contributed by atoms with Crippen LogP contribution >= 0.6 is 0 Å². The fourth-order valence-corrected chi connectivity index (χ4v) is 2.13. The summed E-state index contributed by atoms with van der Waals surface area (Å²) in [6, 6.07) is 5.29. The molecule has 2 unspecified atom stereocenters. The van der Waals surface area contributed by atoms with Crippen molar-refractivity contribution in [1.82, 2.24) is 10.6 Å². The molecular weight excluding hydrogens is 258 g/mol. The summed E-state index contributed by atoms with van der Waals surface area (Å²) in [5.41, 5.74) is 1.64. The molecular formula is C14H19N3O3. The van der Waals surface area contributed by atoms with Crippen molar-refractivity contribution in [2.45, 2.75) is 25.9 Å². The maximum absolute atomic E-state index is 11.5. The van der Waals surface area contributed by atoms with Crippen molar-refractivity contribution in [3.05, 3.63) is 23.8 Å². The van der Waals surface area contributed by atoms with E-state index in [1.165, 1.54) is 0 Å². The molecule has 1 heterocycles. The molecule has 0 aromatic heterocycles. The van der Waals surface area contributed by atoms with Gasteiger partial charge in [0.2, 0.25) is 5.91 Å². The molecule has 1 aliphatic heterocycles. The topological polar surface area (TPSA) is 79.5 Å². The van der Waals surface area contributed by atoms with E-state index < -0.39 is 0 Å². The molecule has 6 heteroatoms. The highest BCUT2D eigenvalue weighted by Crippen LogP contribution is 2.30. The Morgan fingerprint density at radius 2 is 2.15 bits per heavy atom. The number of rotatable bonds is 4. The maximum Gasteiger partial charge on any atom is 0.262 e. The monoisotopic (exact) mass is 277 g/mol. The smallest absolute Gasteiger partial charge is 0.262 e. The van der Waals surface area contributed by atoms with Crippen LogP contribution in [0.15, 0.2) is 18.2 Å².